The molecule has 4 rings (SSSR count). The molecule has 0 saturated heterocycles. The average Bonchev–Trinajstić information content (AvgIpc) is 2.91. The van der Waals surface area contributed by atoms with E-state index in [0.717, 1.165) is 27.9 Å². The molecule has 152 valence electrons. The predicted octanol–water partition coefficient (Wildman–Crippen LogP) is 5.06. The van der Waals surface area contributed by atoms with Crippen LogP contribution in [0.2, 0.25) is 0 Å². The van der Waals surface area contributed by atoms with Gasteiger partial charge in [0.2, 0.25) is 11.8 Å². The zero-order chi connectivity index (χ0) is 21.1. The molecule has 0 unspecified atom stereocenters. The topological polar surface area (TPSA) is 49.4 Å². The van der Waals surface area contributed by atoms with Gasteiger partial charge in [0.15, 0.2) is 0 Å². The molecule has 3 aromatic rings. The number of nitrogens with one attached hydrogen (secondary N) is 1. The van der Waals surface area contributed by atoms with Crippen LogP contribution in [0.4, 0.5) is 5.69 Å². The molecule has 3 aromatic carbocycles. The first-order chi connectivity index (χ1) is 14.6. The molecule has 1 N–H and O–H groups in total. The van der Waals surface area contributed by atoms with Crippen LogP contribution < -0.4 is 5.32 Å². The monoisotopic (exact) mass is 398 g/mol. The van der Waals surface area contributed by atoms with Gasteiger partial charge >= 0.3 is 0 Å². The molecule has 0 bridgehead atoms. The summed E-state index contributed by atoms with van der Waals surface area (Å²) in [7, 11) is 0. The molecule has 30 heavy (non-hydrogen) atoms. The Kier molecular flexibility index (Phi) is 5.66. The van der Waals surface area contributed by atoms with Crippen LogP contribution in [-0.2, 0) is 9.59 Å². The predicted molar refractivity (Wildman–Crippen MR) is 119 cm³/mol. The summed E-state index contributed by atoms with van der Waals surface area (Å²) in [6, 6.07) is 25.4. The van der Waals surface area contributed by atoms with Crippen molar-refractivity contribution in [2.24, 2.45) is 0 Å². The maximum atomic E-state index is 13.9. The molecule has 0 spiro atoms. The van der Waals surface area contributed by atoms with E-state index in [9.17, 15) is 9.59 Å². The van der Waals surface area contributed by atoms with Crippen molar-refractivity contribution in [2.45, 2.75) is 32.2 Å². The molecular formula is C26H26N2O2. The van der Waals surface area contributed by atoms with Crippen LogP contribution in [0.5, 0.6) is 0 Å². The van der Waals surface area contributed by atoms with Crippen molar-refractivity contribution in [2.75, 3.05) is 11.9 Å². The summed E-state index contributed by atoms with van der Waals surface area (Å²) in [6.45, 7) is 4.07. The molecule has 4 nitrogen and oxygen atoms in total. The number of rotatable bonds is 4. The van der Waals surface area contributed by atoms with Crippen molar-refractivity contribution in [3.8, 4) is 0 Å². The Morgan fingerprint density at radius 2 is 1.70 bits per heavy atom. The summed E-state index contributed by atoms with van der Waals surface area (Å²) >= 11 is 0. The number of hydrogen-bond donors (Lipinski definition) is 1. The molecular weight excluding hydrogens is 372 g/mol. The van der Waals surface area contributed by atoms with Gasteiger partial charge in [0.25, 0.3) is 0 Å². The normalized spacial score (nSPS) is 16.9. The van der Waals surface area contributed by atoms with E-state index in [2.05, 4.69) is 11.4 Å². The van der Waals surface area contributed by atoms with E-state index in [1.54, 1.807) is 4.90 Å². The number of benzene rings is 3. The van der Waals surface area contributed by atoms with Gasteiger partial charge in [-0.15, -0.1) is 0 Å². The number of nitrogens with zero attached hydrogens (tertiary/aromatic N) is 1. The zero-order valence-corrected chi connectivity index (χ0v) is 17.3. The molecule has 4 heteroatoms. The van der Waals surface area contributed by atoms with E-state index in [1.165, 1.54) is 0 Å². The fourth-order valence-corrected chi connectivity index (χ4v) is 4.26. The van der Waals surface area contributed by atoms with Crippen molar-refractivity contribution in [3.05, 3.63) is 101 Å². The van der Waals surface area contributed by atoms with E-state index < -0.39 is 0 Å². The molecule has 2 atom stereocenters. The third-order valence-electron chi connectivity index (χ3n) is 5.71. The summed E-state index contributed by atoms with van der Waals surface area (Å²) in [5.41, 5.74) is 4.78. The lowest BCUT2D eigenvalue weighted by Gasteiger charge is -2.33. The Hall–Kier alpha value is -3.40. The lowest BCUT2D eigenvalue weighted by atomic mass is 9.91. The number of hydrogen-bond acceptors (Lipinski definition) is 2. The molecule has 0 saturated carbocycles. The molecule has 0 fully saturated rings. The molecule has 0 radical (unpaired) electrons. The summed E-state index contributed by atoms with van der Waals surface area (Å²) in [4.78, 5) is 28.4. The summed E-state index contributed by atoms with van der Waals surface area (Å²) < 4.78 is 0. The molecule has 1 aliphatic rings. The standard InChI is InChI=1S/C26H26N2O2/c1-3-21(19-10-6-4-7-11-19)26(30)28-17-24(29)27-23-15-14-18(2)16-22(23)25(28)20-12-8-5-9-13-20/h4-16,21,25H,3,17H2,1-2H3,(H,27,29)/t21-,25+/m0/s1. The Morgan fingerprint density at radius 1 is 1.03 bits per heavy atom. The third-order valence-corrected chi connectivity index (χ3v) is 5.71. The first kappa shape index (κ1) is 19.9. The van der Waals surface area contributed by atoms with Crippen molar-refractivity contribution in [1.82, 2.24) is 4.90 Å². The van der Waals surface area contributed by atoms with Gasteiger partial charge in [0.1, 0.15) is 6.54 Å². The summed E-state index contributed by atoms with van der Waals surface area (Å²) in [6.07, 6.45) is 0.670. The van der Waals surface area contributed by atoms with Crippen LogP contribution in [0.25, 0.3) is 0 Å². The van der Waals surface area contributed by atoms with Crippen molar-refractivity contribution >= 4 is 17.5 Å². The minimum atomic E-state index is -0.328. The second-order valence-corrected chi connectivity index (χ2v) is 7.79. The highest BCUT2D eigenvalue weighted by Gasteiger charge is 2.36. The average molecular weight is 399 g/mol. The van der Waals surface area contributed by atoms with Crippen molar-refractivity contribution in [1.29, 1.82) is 0 Å². The minimum Gasteiger partial charge on any atom is -0.324 e. The van der Waals surface area contributed by atoms with Crippen LogP contribution in [0, 0.1) is 6.92 Å². The largest absolute Gasteiger partial charge is 0.324 e. The molecule has 1 heterocycles. The molecule has 1 aliphatic heterocycles. The van der Waals surface area contributed by atoms with Gasteiger partial charge in [-0.1, -0.05) is 85.3 Å². The van der Waals surface area contributed by atoms with Gasteiger partial charge in [-0.2, -0.15) is 0 Å². The van der Waals surface area contributed by atoms with Gasteiger partial charge in [0.05, 0.1) is 12.0 Å². The van der Waals surface area contributed by atoms with Gasteiger partial charge in [-0.05, 0) is 30.5 Å². The van der Waals surface area contributed by atoms with E-state index in [0.29, 0.717) is 6.42 Å². The van der Waals surface area contributed by atoms with E-state index >= 15 is 0 Å². The maximum absolute atomic E-state index is 13.9. The number of carbonyl (C=O) groups is 2. The molecule has 2 amide bonds. The van der Waals surface area contributed by atoms with Gasteiger partial charge < -0.3 is 10.2 Å². The minimum absolute atomic E-state index is 0.0233. The Balaban J connectivity index is 1.85. The highest BCUT2D eigenvalue weighted by molar-refractivity contribution is 5.98. The number of aryl methyl sites for hydroxylation is 1. The van der Waals surface area contributed by atoms with E-state index in [1.807, 2.05) is 86.6 Å². The second-order valence-electron chi connectivity index (χ2n) is 7.79. The SMILES string of the molecule is CC[C@H](C(=O)N1CC(=O)Nc2ccc(C)cc2[C@H]1c1ccccc1)c1ccccc1. The molecule has 0 aromatic heterocycles. The summed E-state index contributed by atoms with van der Waals surface area (Å²) in [5.74, 6) is -0.492. The van der Waals surface area contributed by atoms with Gasteiger partial charge in [-0.3, -0.25) is 9.59 Å². The second kappa shape index (κ2) is 8.54. The number of anilines is 1. The van der Waals surface area contributed by atoms with Gasteiger partial charge in [-0.25, -0.2) is 0 Å². The van der Waals surface area contributed by atoms with E-state index in [-0.39, 0.29) is 30.3 Å². The first-order valence-corrected chi connectivity index (χ1v) is 10.4. The lowest BCUT2D eigenvalue weighted by molar-refractivity contribution is -0.137. The number of carbonyl (C=O) groups excluding carboxylic acids is 2. The van der Waals surface area contributed by atoms with Crippen molar-refractivity contribution in [3.63, 3.8) is 0 Å². The lowest BCUT2D eigenvalue weighted by Crippen LogP contribution is -2.41. The van der Waals surface area contributed by atoms with Crippen LogP contribution in [0.3, 0.4) is 0 Å². The van der Waals surface area contributed by atoms with Gasteiger partial charge in [0, 0.05) is 11.3 Å². The first-order valence-electron chi connectivity index (χ1n) is 10.4. The van der Waals surface area contributed by atoms with Crippen LogP contribution in [-0.4, -0.2) is 23.3 Å². The molecule has 0 aliphatic carbocycles. The number of amides is 2. The Morgan fingerprint density at radius 3 is 2.37 bits per heavy atom. The Bertz CT molecular complexity index is 1050. The zero-order valence-electron chi connectivity index (χ0n) is 17.3. The van der Waals surface area contributed by atoms with Crippen LogP contribution in [0.15, 0.2) is 78.9 Å². The maximum Gasteiger partial charge on any atom is 0.244 e. The highest BCUT2D eigenvalue weighted by Crippen LogP contribution is 2.38. The Labute approximate surface area is 177 Å². The van der Waals surface area contributed by atoms with E-state index in [4.69, 9.17) is 0 Å². The third kappa shape index (κ3) is 3.86. The van der Waals surface area contributed by atoms with Crippen LogP contribution in [0.1, 0.15) is 47.6 Å². The highest BCUT2D eigenvalue weighted by atomic mass is 16.2. The van der Waals surface area contributed by atoms with Crippen molar-refractivity contribution < 1.29 is 9.59 Å². The fourth-order valence-electron chi connectivity index (χ4n) is 4.26. The smallest absolute Gasteiger partial charge is 0.244 e. The fraction of sp³-hybridized carbons (Fsp3) is 0.231. The quantitative estimate of drug-likeness (QED) is 0.668. The van der Waals surface area contributed by atoms with Crippen LogP contribution >= 0.6 is 0 Å². The summed E-state index contributed by atoms with van der Waals surface area (Å²) in [5, 5.41) is 3.00. The number of fused-ring (bicyclic) bond motifs is 1.